The second kappa shape index (κ2) is 4.58. The Bertz CT molecular complexity index is 435. The summed E-state index contributed by atoms with van der Waals surface area (Å²) in [5, 5.41) is 0. The molecular formula is C13H19NO. The van der Waals surface area contributed by atoms with E-state index in [1.807, 2.05) is 0 Å². The molecule has 1 rings (SSSR count). The number of rotatable bonds is 3. The second-order valence-corrected chi connectivity index (χ2v) is 4.48. The van der Waals surface area contributed by atoms with E-state index in [9.17, 15) is 4.79 Å². The Hall–Kier alpha value is -1.15. The van der Waals surface area contributed by atoms with Crippen LogP contribution in [0.3, 0.4) is 0 Å². The molecule has 0 amide bonds. The number of ketones is 1. The maximum Gasteiger partial charge on any atom is 0.155 e. The van der Waals surface area contributed by atoms with E-state index in [1.54, 1.807) is 39.0 Å². The number of carbonyl (C=O) groups is 1. The Morgan fingerprint density at radius 1 is 1.47 bits per heavy atom. The van der Waals surface area contributed by atoms with Gasteiger partial charge in [-0.15, -0.1) is 0 Å². The van der Waals surface area contributed by atoms with Gasteiger partial charge in [-0.2, -0.15) is 0 Å². The molecule has 1 aromatic rings. The van der Waals surface area contributed by atoms with Crippen LogP contribution >= 0.6 is 0 Å². The van der Waals surface area contributed by atoms with Crippen LogP contribution in [0, 0.1) is 5.41 Å². The van der Waals surface area contributed by atoms with E-state index >= 15 is 0 Å². The molecule has 0 saturated carbocycles. The molecule has 1 atom stereocenters. The molecule has 15 heavy (non-hydrogen) atoms. The molecule has 0 bridgehead atoms. The molecule has 2 N–H and O–H groups in total. The Kier molecular flexibility index (Phi) is 2.46. The lowest BCUT2D eigenvalue weighted by Crippen LogP contribution is -2.40. The molecule has 0 spiro atoms. The minimum absolute atomic E-state index is 0.236. The Morgan fingerprint density at radius 2 is 2.00 bits per heavy atom. The molecule has 1 aromatic carbocycles. The zero-order chi connectivity index (χ0) is 14.2. The van der Waals surface area contributed by atoms with Crippen molar-refractivity contribution in [1.29, 1.82) is 0 Å². The third-order valence-corrected chi connectivity index (χ3v) is 1.98. The molecule has 2 heteroatoms. The minimum atomic E-state index is -2.31. The first-order valence-corrected chi connectivity index (χ1v) is 4.90. The van der Waals surface area contributed by atoms with Gasteiger partial charge in [-0.25, -0.2) is 0 Å². The van der Waals surface area contributed by atoms with Gasteiger partial charge in [0, 0.05) is 8.16 Å². The molecule has 0 heterocycles. The standard InChI is InChI=1S/C13H19NO/c1-13(2,3)12(15)11(14)9-10-7-5-4-6-8-10/h4-8,11H,9,14H2,1-3H3/t11-/m0/s1/i9D2,11D. The minimum Gasteiger partial charge on any atom is -0.321 e. The first-order chi connectivity index (χ1) is 8.01. The van der Waals surface area contributed by atoms with E-state index < -0.39 is 23.6 Å². The number of carbonyl (C=O) groups excluding carboxylic acids is 1. The van der Waals surface area contributed by atoms with Gasteiger partial charge in [0.15, 0.2) is 5.78 Å². The monoisotopic (exact) mass is 208 g/mol. The average molecular weight is 208 g/mol. The summed E-state index contributed by atoms with van der Waals surface area (Å²) in [6, 6.07) is 5.81. The highest BCUT2D eigenvalue weighted by Gasteiger charge is 2.26. The molecule has 0 aliphatic heterocycles. The molecule has 0 aliphatic rings. The van der Waals surface area contributed by atoms with Crippen LogP contribution < -0.4 is 5.73 Å². The molecule has 0 radical (unpaired) electrons. The third-order valence-electron chi connectivity index (χ3n) is 1.98. The second-order valence-electron chi connectivity index (χ2n) is 4.48. The summed E-state index contributed by atoms with van der Waals surface area (Å²) in [6.45, 7) is 4.89. The first kappa shape index (κ1) is 8.05. The molecule has 0 fully saturated rings. The number of benzene rings is 1. The van der Waals surface area contributed by atoms with Gasteiger partial charge in [-0.1, -0.05) is 51.1 Å². The zero-order valence-electron chi connectivity index (χ0n) is 12.4. The van der Waals surface area contributed by atoms with E-state index in [-0.39, 0.29) is 5.56 Å². The summed E-state index contributed by atoms with van der Waals surface area (Å²) < 4.78 is 24.0. The maximum absolute atomic E-state index is 12.2. The highest BCUT2D eigenvalue weighted by Crippen LogP contribution is 2.17. The van der Waals surface area contributed by atoms with E-state index in [1.165, 1.54) is 12.1 Å². The van der Waals surface area contributed by atoms with Gasteiger partial charge in [-0.05, 0) is 11.9 Å². The van der Waals surface area contributed by atoms with Crippen LogP contribution in [0.25, 0.3) is 0 Å². The van der Waals surface area contributed by atoms with Gasteiger partial charge in [0.1, 0.15) is 0 Å². The van der Waals surface area contributed by atoms with Crippen molar-refractivity contribution >= 4 is 5.78 Å². The van der Waals surface area contributed by atoms with Crippen LogP contribution in [0.15, 0.2) is 30.3 Å². The van der Waals surface area contributed by atoms with Gasteiger partial charge in [0.25, 0.3) is 0 Å². The summed E-state index contributed by atoms with van der Waals surface area (Å²) in [4.78, 5) is 12.2. The maximum atomic E-state index is 12.2. The highest BCUT2D eigenvalue weighted by atomic mass is 16.1. The lowest BCUT2D eigenvalue weighted by atomic mass is 9.85. The molecular weight excluding hydrogens is 186 g/mol. The van der Waals surface area contributed by atoms with Crippen molar-refractivity contribution in [2.45, 2.75) is 33.2 Å². The molecule has 2 nitrogen and oxygen atoms in total. The number of nitrogens with two attached hydrogens (primary N) is 1. The normalized spacial score (nSPS) is 19.6. The molecule has 0 aliphatic carbocycles. The molecule has 0 saturated heterocycles. The van der Waals surface area contributed by atoms with Crippen molar-refractivity contribution in [3.63, 3.8) is 0 Å². The fourth-order valence-corrected chi connectivity index (χ4v) is 1.14. The quantitative estimate of drug-likeness (QED) is 0.827. The van der Waals surface area contributed by atoms with Crippen LogP contribution in [-0.2, 0) is 11.2 Å². The van der Waals surface area contributed by atoms with Gasteiger partial charge in [0.2, 0.25) is 0 Å². The Labute approximate surface area is 95.7 Å². The van der Waals surface area contributed by atoms with Crippen molar-refractivity contribution in [3.05, 3.63) is 35.9 Å². The highest BCUT2D eigenvalue weighted by molar-refractivity contribution is 5.88. The number of hydrogen-bond donors (Lipinski definition) is 1. The molecule has 82 valence electrons. The van der Waals surface area contributed by atoms with Gasteiger partial charge in [-0.3, -0.25) is 4.79 Å². The fraction of sp³-hybridized carbons (Fsp3) is 0.462. The zero-order valence-corrected chi connectivity index (χ0v) is 9.37. The van der Waals surface area contributed by atoms with Crippen molar-refractivity contribution in [2.24, 2.45) is 11.1 Å². The molecule has 0 aromatic heterocycles. The lowest BCUT2D eigenvalue weighted by molar-refractivity contribution is -0.127. The van der Waals surface area contributed by atoms with Crippen LogP contribution in [-0.4, -0.2) is 11.8 Å². The Balaban J connectivity index is 3.23. The van der Waals surface area contributed by atoms with Crippen molar-refractivity contribution in [2.75, 3.05) is 0 Å². The summed E-state index contributed by atoms with van der Waals surface area (Å²) in [5.41, 5.74) is 5.07. The summed E-state index contributed by atoms with van der Waals surface area (Å²) >= 11 is 0. The summed E-state index contributed by atoms with van der Waals surface area (Å²) in [5.74, 6) is -0.621. The Morgan fingerprint density at radius 3 is 2.47 bits per heavy atom. The van der Waals surface area contributed by atoms with Crippen molar-refractivity contribution in [1.82, 2.24) is 0 Å². The van der Waals surface area contributed by atoms with Crippen LogP contribution in [0.4, 0.5) is 0 Å². The average Bonchev–Trinajstić information content (AvgIpc) is 2.27. The lowest BCUT2D eigenvalue weighted by Gasteiger charge is -2.21. The summed E-state index contributed by atoms with van der Waals surface area (Å²) in [7, 11) is 0. The van der Waals surface area contributed by atoms with E-state index in [0.717, 1.165) is 0 Å². The van der Waals surface area contributed by atoms with Gasteiger partial charge >= 0.3 is 0 Å². The van der Waals surface area contributed by atoms with Gasteiger partial charge in [0.05, 0.1) is 7.39 Å². The number of hydrogen-bond acceptors (Lipinski definition) is 2. The van der Waals surface area contributed by atoms with Crippen LogP contribution in [0.5, 0.6) is 0 Å². The van der Waals surface area contributed by atoms with E-state index in [2.05, 4.69) is 0 Å². The largest absolute Gasteiger partial charge is 0.321 e. The van der Waals surface area contributed by atoms with E-state index in [0.29, 0.717) is 0 Å². The van der Waals surface area contributed by atoms with Crippen molar-refractivity contribution in [3.8, 4) is 0 Å². The predicted octanol–water partition coefficient (Wildman–Crippen LogP) is 2.17. The van der Waals surface area contributed by atoms with Gasteiger partial charge < -0.3 is 5.73 Å². The SMILES string of the molecule is [2H]C([2H])(c1ccccc1)[C@]([2H])(N)C(=O)C(C)(C)C. The van der Waals surface area contributed by atoms with Crippen LogP contribution in [0.2, 0.25) is 0 Å². The summed E-state index contributed by atoms with van der Waals surface area (Å²) in [6.07, 6.45) is -2.24. The first-order valence-electron chi connectivity index (χ1n) is 6.40. The number of Topliss-reactive ketones (excluding diaryl/α,β-unsaturated/α-hetero) is 1. The fourth-order valence-electron chi connectivity index (χ4n) is 1.14. The smallest absolute Gasteiger partial charge is 0.155 e. The third kappa shape index (κ3) is 3.48. The predicted molar refractivity (Wildman–Crippen MR) is 62.6 cm³/mol. The van der Waals surface area contributed by atoms with Crippen molar-refractivity contribution < 1.29 is 8.91 Å². The topological polar surface area (TPSA) is 43.1 Å². The van der Waals surface area contributed by atoms with Crippen LogP contribution in [0.1, 0.15) is 30.4 Å². The van der Waals surface area contributed by atoms with E-state index in [4.69, 9.17) is 9.85 Å². The molecule has 0 unspecified atom stereocenters.